The molecule has 1 aliphatic rings. The van der Waals surface area contributed by atoms with Gasteiger partial charge in [-0.1, -0.05) is 15.9 Å². The van der Waals surface area contributed by atoms with Crippen molar-refractivity contribution in [3.63, 3.8) is 0 Å². The van der Waals surface area contributed by atoms with Crippen LogP contribution >= 0.6 is 15.9 Å². The molecule has 0 spiro atoms. The van der Waals surface area contributed by atoms with E-state index in [0.29, 0.717) is 43.4 Å². The van der Waals surface area contributed by atoms with Gasteiger partial charge in [-0.05, 0) is 44.9 Å². The molecule has 7 nitrogen and oxygen atoms in total. The van der Waals surface area contributed by atoms with E-state index in [1.165, 1.54) is 10.9 Å². The molecule has 1 aromatic carbocycles. The SMILES string of the molecule is CC(C)NC(=O)C1CCN(C(=O)CCn2cnc3ccc(Br)cc3c2=O)CC1. The molecule has 1 saturated heterocycles. The number of halogens is 1. The number of amides is 2. The molecule has 0 radical (unpaired) electrons. The Morgan fingerprint density at radius 2 is 2.00 bits per heavy atom. The fraction of sp³-hybridized carbons (Fsp3) is 0.500. The van der Waals surface area contributed by atoms with Crippen LogP contribution in [0.3, 0.4) is 0 Å². The summed E-state index contributed by atoms with van der Waals surface area (Å²) in [6.07, 6.45) is 3.09. The van der Waals surface area contributed by atoms with Crippen molar-refractivity contribution < 1.29 is 9.59 Å². The summed E-state index contributed by atoms with van der Waals surface area (Å²) in [4.78, 5) is 43.3. The standard InChI is InChI=1S/C20H25BrN4O3/c1-13(2)23-19(27)14-5-8-24(9-6-14)18(26)7-10-25-12-22-17-4-3-15(21)11-16(17)20(25)28/h3-4,11-14H,5-10H2,1-2H3,(H,23,27). The molecule has 0 atom stereocenters. The van der Waals surface area contributed by atoms with Gasteiger partial charge in [-0.15, -0.1) is 0 Å². The predicted octanol–water partition coefficient (Wildman–Crippen LogP) is 2.31. The smallest absolute Gasteiger partial charge is 0.261 e. The van der Waals surface area contributed by atoms with Crippen molar-refractivity contribution in [1.82, 2.24) is 19.8 Å². The van der Waals surface area contributed by atoms with Gasteiger partial charge in [-0.3, -0.25) is 19.0 Å². The Morgan fingerprint density at radius 3 is 2.68 bits per heavy atom. The summed E-state index contributed by atoms with van der Waals surface area (Å²) < 4.78 is 2.30. The number of rotatable bonds is 5. The van der Waals surface area contributed by atoms with Gasteiger partial charge in [0.15, 0.2) is 0 Å². The molecular formula is C20H25BrN4O3. The van der Waals surface area contributed by atoms with E-state index in [1.807, 2.05) is 19.9 Å². The maximum Gasteiger partial charge on any atom is 0.261 e. The van der Waals surface area contributed by atoms with E-state index >= 15 is 0 Å². The highest BCUT2D eigenvalue weighted by Gasteiger charge is 2.27. The highest BCUT2D eigenvalue weighted by molar-refractivity contribution is 9.10. The second-order valence-corrected chi connectivity index (χ2v) is 8.39. The lowest BCUT2D eigenvalue weighted by Crippen LogP contribution is -2.44. The van der Waals surface area contributed by atoms with Gasteiger partial charge in [-0.25, -0.2) is 4.98 Å². The van der Waals surface area contributed by atoms with Crippen LogP contribution in [-0.2, 0) is 16.1 Å². The highest BCUT2D eigenvalue weighted by atomic mass is 79.9. The molecule has 1 fully saturated rings. The van der Waals surface area contributed by atoms with Gasteiger partial charge < -0.3 is 10.2 Å². The maximum atomic E-state index is 12.6. The summed E-state index contributed by atoms with van der Waals surface area (Å²) in [5, 5.41) is 3.47. The summed E-state index contributed by atoms with van der Waals surface area (Å²) in [7, 11) is 0. The van der Waals surface area contributed by atoms with Crippen molar-refractivity contribution in [2.75, 3.05) is 13.1 Å². The number of carbonyl (C=O) groups is 2. The van der Waals surface area contributed by atoms with Crippen molar-refractivity contribution >= 4 is 38.6 Å². The molecule has 2 aromatic rings. The van der Waals surface area contributed by atoms with Gasteiger partial charge >= 0.3 is 0 Å². The first-order valence-corrected chi connectivity index (χ1v) is 10.4. The summed E-state index contributed by atoms with van der Waals surface area (Å²) >= 11 is 3.37. The van der Waals surface area contributed by atoms with Crippen LogP contribution < -0.4 is 10.9 Å². The Morgan fingerprint density at radius 1 is 1.29 bits per heavy atom. The molecule has 150 valence electrons. The third kappa shape index (κ3) is 4.79. The van der Waals surface area contributed by atoms with E-state index in [0.717, 1.165) is 4.47 Å². The van der Waals surface area contributed by atoms with Gasteiger partial charge in [0.05, 0.1) is 17.2 Å². The van der Waals surface area contributed by atoms with E-state index in [1.54, 1.807) is 17.0 Å². The van der Waals surface area contributed by atoms with Crippen molar-refractivity contribution in [2.24, 2.45) is 5.92 Å². The van der Waals surface area contributed by atoms with Crippen LogP contribution in [-0.4, -0.2) is 45.4 Å². The van der Waals surface area contributed by atoms with Crippen LogP contribution in [0.4, 0.5) is 0 Å². The number of hydrogen-bond donors (Lipinski definition) is 1. The van der Waals surface area contributed by atoms with Crippen LogP contribution in [0.2, 0.25) is 0 Å². The molecule has 3 rings (SSSR count). The van der Waals surface area contributed by atoms with Gasteiger partial charge in [0.25, 0.3) is 5.56 Å². The van der Waals surface area contributed by atoms with E-state index in [2.05, 4.69) is 26.2 Å². The summed E-state index contributed by atoms with van der Waals surface area (Å²) in [5.74, 6) is 0.0446. The highest BCUT2D eigenvalue weighted by Crippen LogP contribution is 2.19. The number of likely N-dealkylation sites (tertiary alicyclic amines) is 1. The Kier molecular flexibility index (Phi) is 6.49. The zero-order valence-corrected chi connectivity index (χ0v) is 17.7. The maximum absolute atomic E-state index is 12.6. The molecule has 1 N–H and O–H groups in total. The number of nitrogens with one attached hydrogen (secondary N) is 1. The lowest BCUT2D eigenvalue weighted by Gasteiger charge is -2.31. The molecule has 0 bridgehead atoms. The summed E-state index contributed by atoms with van der Waals surface area (Å²) in [5.41, 5.74) is 0.487. The monoisotopic (exact) mass is 448 g/mol. The summed E-state index contributed by atoms with van der Waals surface area (Å²) in [6.45, 7) is 5.33. The Hall–Kier alpha value is -2.22. The van der Waals surface area contributed by atoms with E-state index in [4.69, 9.17) is 0 Å². The zero-order valence-electron chi connectivity index (χ0n) is 16.2. The van der Waals surface area contributed by atoms with Gasteiger partial charge in [-0.2, -0.15) is 0 Å². The van der Waals surface area contributed by atoms with Crippen molar-refractivity contribution in [2.45, 2.75) is 45.7 Å². The van der Waals surface area contributed by atoms with Crippen LogP contribution in [0, 0.1) is 5.92 Å². The summed E-state index contributed by atoms with van der Waals surface area (Å²) in [6, 6.07) is 5.50. The second kappa shape index (κ2) is 8.86. The third-order valence-corrected chi connectivity index (χ3v) is 5.50. The van der Waals surface area contributed by atoms with Crippen LogP contribution in [0.5, 0.6) is 0 Å². The lowest BCUT2D eigenvalue weighted by molar-refractivity contribution is -0.136. The van der Waals surface area contributed by atoms with Crippen molar-refractivity contribution in [3.8, 4) is 0 Å². The first-order chi connectivity index (χ1) is 13.3. The van der Waals surface area contributed by atoms with Gasteiger partial charge in [0, 0.05) is 42.5 Å². The number of piperidine rings is 1. The van der Waals surface area contributed by atoms with E-state index < -0.39 is 0 Å². The molecule has 1 aromatic heterocycles. The molecule has 0 saturated carbocycles. The molecule has 8 heteroatoms. The molecule has 0 unspecified atom stereocenters. The number of aryl methyl sites for hydroxylation is 1. The lowest BCUT2D eigenvalue weighted by atomic mass is 9.95. The number of carbonyl (C=O) groups excluding carboxylic acids is 2. The largest absolute Gasteiger partial charge is 0.354 e. The minimum Gasteiger partial charge on any atom is -0.354 e. The van der Waals surface area contributed by atoms with Crippen LogP contribution in [0.15, 0.2) is 33.8 Å². The average molecular weight is 449 g/mol. The Labute approximate surface area is 172 Å². The average Bonchev–Trinajstić information content (AvgIpc) is 2.67. The number of fused-ring (bicyclic) bond motifs is 1. The number of benzene rings is 1. The number of aromatic nitrogens is 2. The van der Waals surface area contributed by atoms with Crippen molar-refractivity contribution in [3.05, 3.63) is 39.4 Å². The molecule has 2 amide bonds. The first kappa shape index (κ1) is 20.5. The number of nitrogens with zero attached hydrogens (tertiary/aromatic N) is 3. The Bertz CT molecular complexity index is 933. The minimum atomic E-state index is -0.150. The van der Waals surface area contributed by atoms with E-state index in [9.17, 15) is 14.4 Å². The second-order valence-electron chi connectivity index (χ2n) is 7.47. The predicted molar refractivity (Wildman–Crippen MR) is 111 cm³/mol. The molecule has 0 aliphatic carbocycles. The zero-order chi connectivity index (χ0) is 20.3. The molecule has 1 aliphatic heterocycles. The fourth-order valence-electron chi connectivity index (χ4n) is 3.46. The first-order valence-electron chi connectivity index (χ1n) is 9.58. The van der Waals surface area contributed by atoms with Crippen LogP contribution in [0.1, 0.15) is 33.1 Å². The molecule has 28 heavy (non-hydrogen) atoms. The fourth-order valence-corrected chi connectivity index (χ4v) is 3.82. The topological polar surface area (TPSA) is 84.3 Å². The minimum absolute atomic E-state index is 0.00366. The Balaban J connectivity index is 1.57. The quantitative estimate of drug-likeness (QED) is 0.760. The molecule has 2 heterocycles. The number of hydrogen-bond acceptors (Lipinski definition) is 4. The third-order valence-electron chi connectivity index (χ3n) is 5.00. The van der Waals surface area contributed by atoms with Crippen molar-refractivity contribution in [1.29, 1.82) is 0 Å². The van der Waals surface area contributed by atoms with Crippen LogP contribution in [0.25, 0.3) is 10.9 Å². The van der Waals surface area contributed by atoms with Gasteiger partial charge in [0.2, 0.25) is 11.8 Å². The molecular weight excluding hydrogens is 424 g/mol. The van der Waals surface area contributed by atoms with E-state index in [-0.39, 0.29) is 35.8 Å². The normalized spacial score (nSPS) is 15.2. The van der Waals surface area contributed by atoms with Gasteiger partial charge in [0.1, 0.15) is 0 Å².